The van der Waals surface area contributed by atoms with Crippen LogP contribution in [0.25, 0.3) is 5.57 Å². The second-order valence-electron chi connectivity index (χ2n) is 5.33. The Hall–Kier alpha value is -2.25. The molecule has 2 aromatic rings. The third kappa shape index (κ3) is 2.20. The van der Waals surface area contributed by atoms with Crippen LogP contribution in [-0.4, -0.2) is 34.7 Å². The van der Waals surface area contributed by atoms with Crippen molar-refractivity contribution in [1.82, 2.24) is 14.0 Å². The van der Waals surface area contributed by atoms with E-state index in [2.05, 4.69) is 4.98 Å². The quantitative estimate of drug-likeness (QED) is 0.869. The van der Waals surface area contributed by atoms with Crippen LogP contribution in [0, 0.1) is 0 Å². The van der Waals surface area contributed by atoms with E-state index in [1.54, 1.807) is 11.3 Å². The lowest BCUT2D eigenvalue weighted by Gasteiger charge is -2.20. The minimum Gasteiger partial charge on any atom is -0.480 e. The van der Waals surface area contributed by atoms with Gasteiger partial charge in [-0.1, -0.05) is 6.07 Å². The number of hydrogen-bond acceptors (Lipinski definition) is 4. The van der Waals surface area contributed by atoms with Crippen molar-refractivity contribution in [2.45, 2.75) is 6.54 Å². The average Bonchev–Trinajstić information content (AvgIpc) is 2.98. The van der Waals surface area contributed by atoms with Crippen molar-refractivity contribution < 1.29 is 9.90 Å². The van der Waals surface area contributed by atoms with Crippen molar-refractivity contribution in [1.29, 1.82) is 0 Å². The maximum absolute atomic E-state index is 12.5. The number of hydrogen-bond donors (Lipinski definition) is 1. The summed E-state index contributed by atoms with van der Waals surface area (Å²) >= 11 is 1.58. The summed E-state index contributed by atoms with van der Waals surface area (Å²) in [5.41, 5.74) is 1.75. The normalized spacial score (nSPS) is 15.6. The van der Waals surface area contributed by atoms with Crippen LogP contribution in [0.15, 0.2) is 34.8 Å². The number of carboxylic acids is 1. The minimum absolute atomic E-state index is 0.259. The summed E-state index contributed by atoms with van der Waals surface area (Å²) in [7, 11) is 3.77. The topological polar surface area (TPSA) is 72.2 Å². The van der Waals surface area contributed by atoms with Crippen LogP contribution in [0.1, 0.15) is 10.6 Å². The molecule has 1 aliphatic heterocycles. The van der Waals surface area contributed by atoms with E-state index in [-0.39, 0.29) is 16.6 Å². The van der Waals surface area contributed by atoms with Gasteiger partial charge in [-0.3, -0.25) is 18.6 Å². The van der Waals surface area contributed by atoms with E-state index in [1.165, 1.54) is 6.33 Å². The van der Waals surface area contributed by atoms with E-state index >= 15 is 0 Å². The first-order valence-electron chi connectivity index (χ1n) is 6.33. The highest BCUT2D eigenvalue weighted by atomic mass is 32.1. The summed E-state index contributed by atoms with van der Waals surface area (Å²) in [5, 5.41) is 10.8. The number of rotatable bonds is 3. The molecule has 0 spiro atoms. The number of quaternary nitrogens is 1. The van der Waals surface area contributed by atoms with E-state index in [0.717, 1.165) is 15.0 Å². The molecule has 2 aromatic heterocycles. The molecule has 1 N–H and O–H groups in total. The van der Waals surface area contributed by atoms with Gasteiger partial charge in [0.25, 0.3) is 0 Å². The Morgan fingerprint density at radius 3 is 2.86 bits per heavy atom. The molecule has 0 fully saturated rings. The van der Waals surface area contributed by atoms with Crippen LogP contribution < -0.4 is 10.0 Å². The molecule has 108 valence electrons. The van der Waals surface area contributed by atoms with Crippen LogP contribution in [-0.2, 0) is 11.3 Å². The molecule has 3 rings (SSSR count). The predicted molar refractivity (Wildman–Crippen MR) is 81.2 cm³/mol. The maximum Gasteiger partial charge on any atom is 0.323 e. The molecule has 0 amide bonds. The largest absolute Gasteiger partial charge is 0.480 e. The van der Waals surface area contributed by atoms with Gasteiger partial charge >= 0.3 is 11.5 Å². The Morgan fingerprint density at radius 1 is 1.48 bits per heavy atom. The third-order valence-electron chi connectivity index (χ3n) is 3.39. The first-order chi connectivity index (χ1) is 9.90. The number of fused-ring (bicyclic) bond motifs is 1. The van der Waals surface area contributed by atoms with Gasteiger partial charge in [-0.2, -0.15) is 0 Å². The number of aliphatic carboxylic acids is 1. The van der Waals surface area contributed by atoms with E-state index < -0.39 is 5.97 Å². The van der Waals surface area contributed by atoms with Gasteiger partial charge in [-0.05, 0) is 11.4 Å². The van der Waals surface area contributed by atoms with Gasteiger partial charge in [-0.15, -0.1) is 11.3 Å². The molecule has 0 unspecified atom stereocenters. The molecule has 21 heavy (non-hydrogen) atoms. The zero-order valence-corrected chi connectivity index (χ0v) is 12.4. The van der Waals surface area contributed by atoms with Crippen LogP contribution >= 0.6 is 11.3 Å². The van der Waals surface area contributed by atoms with Gasteiger partial charge in [0.1, 0.15) is 18.4 Å². The molecule has 0 aromatic carbocycles. The Kier molecular flexibility index (Phi) is 3.03. The van der Waals surface area contributed by atoms with Crippen molar-refractivity contribution in [3.63, 3.8) is 0 Å². The number of carboxylic acid groups (broad SMARTS) is 1. The highest BCUT2D eigenvalue weighted by Gasteiger charge is 2.37. The molecule has 0 aliphatic carbocycles. The van der Waals surface area contributed by atoms with Crippen LogP contribution in [0.3, 0.4) is 0 Å². The SMILES string of the molecule is C[N+]1(C)C=C(c2cccs2)c2ncn(CC(=O)O)c(=O)c21. The van der Waals surface area contributed by atoms with Crippen molar-refractivity contribution in [2.75, 3.05) is 14.1 Å². The lowest BCUT2D eigenvalue weighted by Crippen LogP contribution is -2.39. The molecule has 0 saturated carbocycles. The maximum atomic E-state index is 12.5. The first-order valence-corrected chi connectivity index (χ1v) is 7.20. The fourth-order valence-electron chi connectivity index (χ4n) is 2.51. The number of carbonyl (C=O) groups is 1. The van der Waals surface area contributed by atoms with Crippen LogP contribution in [0.5, 0.6) is 0 Å². The fourth-order valence-corrected chi connectivity index (χ4v) is 3.25. The van der Waals surface area contributed by atoms with Crippen molar-refractivity contribution in [3.05, 3.63) is 51.0 Å². The molecule has 0 radical (unpaired) electrons. The Balaban J connectivity index is 2.19. The van der Waals surface area contributed by atoms with Crippen molar-refractivity contribution in [3.8, 4) is 0 Å². The molecule has 7 heteroatoms. The van der Waals surface area contributed by atoms with Gasteiger partial charge in [0.05, 0.1) is 26.0 Å². The minimum atomic E-state index is -1.06. The molecule has 0 bridgehead atoms. The second kappa shape index (κ2) is 4.64. The molecular weight excluding hydrogens is 290 g/mol. The first kappa shape index (κ1) is 13.7. The fraction of sp³-hybridized carbons (Fsp3) is 0.214. The molecule has 3 heterocycles. The second-order valence-corrected chi connectivity index (χ2v) is 6.28. The summed E-state index contributed by atoms with van der Waals surface area (Å²) in [5.74, 6) is -1.06. The molecule has 1 aliphatic rings. The Labute approximate surface area is 124 Å². The Morgan fingerprint density at radius 2 is 2.24 bits per heavy atom. The van der Waals surface area contributed by atoms with E-state index in [1.807, 2.05) is 37.8 Å². The summed E-state index contributed by atoms with van der Waals surface area (Å²) in [6.07, 6.45) is 3.28. The smallest absolute Gasteiger partial charge is 0.323 e. The number of nitrogens with zero attached hydrogens (tertiary/aromatic N) is 3. The van der Waals surface area contributed by atoms with E-state index in [9.17, 15) is 9.59 Å². The zero-order valence-electron chi connectivity index (χ0n) is 11.6. The summed E-state index contributed by atoms with van der Waals surface area (Å²) < 4.78 is 1.39. The highest BCUT2D eigenvalue weighted by Crippen LogP contribution is 2.38. The summed E-state index contributed by atoms with van der Waals surface area (Å²) in [6, 6.07) is 3.93. The van der Waals surface area contributed by atoms with Crippen LogP contribution in [0.2, 0.25) is 0 Å². The van der Waals surface area contributed by atoms with E-state index in [0.29, 0.717) is 11.4 Å². The van der Waals surface area contributed by atoms with Crippen molar-refractivity contribution >= 4 is 28.6 Å². The lowest BCUT2D eigenvalue weighted by atomic mass is 10.2. The predicted octanol–water partition coefficient (Wildman–Crippen LogP) is 1.36. The highest BCUT2D eigenvalue weighted by molar-refractivity contribution is 7.11. The third-order valence-corrected chi connectivity index (χ3v) is 4.29. The molecule has 6 nitrogen and oxygen atoms in total. The average molecular weight is 304 g/mol. The Bertz CT molecular complexity index is 803. The zero-order chi connectivity index (χ0) is 15.2. The monoisotopic (exact) mass is 304 g/mol. The molecule has 0 atom stereocenters. The summed E-state index contributed by atoms with van der Waals surface area (Å²) in [4.78, 5) is 28.7. The lowest BCUT2D eigenvalue weighted by molar-refractivity contribution is -0.137. The van der Waals surface area contributed by atoms with Gasteiger partial charge in [-0.25, -0.2) is 4.98 Å². The number of aromatic nitrogens is 2. The standard InChI is InChI=1S/C14H13N3O3S/c1-17(2)7-9(10-4-3-5-21-10)12-13(17)14(20)16(8-15-12)6-11(18)19/h3-5,7-8H,6H2,1-2H3/p+1. The number of thiophene rings is 1. The molecule has 0 saturated heterocycles. The van der Waals surface area contributed by atoms with Gasteiger partial charge in [0, 0.05) is 4.88 Å². The van der Waals surface area contributed by atoms with E-state index in [4.69, 9.17) is 5.11 Å². The van der Waals surface area contributed by atoms with Crippen molar-refractivity contribution in [2.24, 2.45) is 0 Å². The van der Waals surface area contributed by atoms with Gasteiger partial charge in [0.15, 0.2) is 0 Å². The summed E-state index contributed by atoms with van der Waals surface area (Å²) in [6.45, 7) is -0.381. The molecular formula is C14H14N3O3S+. The van der Waals surface area contributed by atoms with Gasteiger partial charge < -0.3 is 5.11 Å². The van der Waals surface area contributed by atoms with Gasteiger partial charge in [0.2, 0.25) is 5.69 Å². The van der Waals surface area contributed by atoms with Crippen LogP contribution in [0.4, 0.5) is 5.69 Å².